The van der Waals surface area contributed by atoms with E-state index < -0.39 is 0 Å². The largest absolute Gasteiger partial charge is 0.497 e. The van der Waals surface area contributed by atoms with E-state index in [1.54, 1.807) is 21.3 Å². The summed E-state index contributed by atoms with van der Waals surface area (Å²) in [6.45, 7) is 9.56. The van der Waals surface area contributed by atoms with Crippen molar-refractivity contribution in [3.8, 4) is 17.2 Å². The van der Waals surface area contributed by atoms with E-state index in [-0.39, 0.29) is 23.7 Å². The molecular weight excluding hydrogens is 418 g/mol. The minimum absolute atomic E-state index is 0.0366. The zero-order chi connectivity index (χ0) is 24.2. The number of nitrogens with one attached hydrogen (secondary N) is 2. The molecule has 180 valence electrons. The predicted molar refractivity (Wildman–Crippen MR) is 130 cm³/mol. The molecule has 7 nitrogen and oxygen atoms in total. The molecule has 0 fully saturated rings. The molecule has 0 aliphatic carbocycles. The van der Waals surface area contributed by atoms with Crippen LogP contribution in [0.2, 0.25) is 0 Å². The lowest BCUT2D eigenvalue weighted by Gasteiger charge is -2.41. The fourth-order valence-electron chi connectivity index (χ4n) is 4.46. The van der Waals surface area contributed by atoms with Crippen LogP contribution in [-0.4, -0.2) is 50.4 Å². The van der Waals surface area contributed by atoms with E-state index in [2.05, 4.69) is 46.7 Å². The average Bonchev–Trinajstić information content (AvgIpc) is 2.76. The molecule has 0 saturated heterocycles. The number of fused-ring (bicyclic) bond motifs is 1. The van der Waals surface area contributed by atoms with Crippen LogP contribution in [0.5, 0.6) is 17.2 Å². The third-order valence-electron chi connectivity index (χ3n) is 5.87. The smallest absolute Gasteiger partial charge is 0.315 e. The molecule has 0 aromatic heterocycles. The lowest BCUT2D eigenvalue weighted by atomic mass is 9.87. The van der Waals surface area contributed by atoms with Gasteiger partial charge < -0.3 is 24.8 Å². The van der Waals surface area contributed by atoms with Crippen molar-refractivity contribution in [1.82, 2.24) is 15.5 Å². The van der Waals surface area contributed by atoms with Crippen molar-refractivity contribution in [2.24, 2.45) is 0 Å². The Morgan fingerprint density at radius 1 is 1.09 bits per heavy atom. The Morgan fingerprint density at radius 2 is 1.79 bits per heavy atom. The highest BCUT2D eigenvalue weighted by Crippen LogP contribution is 2.40. The first-order valence-corrected chi connectivity index (χ1v) is 11.4. The van der Waals surface area contributed by atoms with Crippen LogP contribution in [0.1, 0.15) is 50.4 Å². The topological polar surface area (TPSA) is 72.1 Å². The van der Waals surface area contributed by atoms with Crippen molar-refractivity contribution in [1.29, 1.82) is 0 Å². The number of carbonyl (C=O) groups excluding carboxylic acids is 1. The Kier molecular flexibility index (Phi) is 7.74. The van der Waals surface area contributed by atoms with Crippen molar-refractivity contribution in [3.63, 3.8) is 0 Å². The van der Waals surface area contributed by atoms with Crippen molar-refractivity contribution in [2.75, 3.05) is 27.9 Å². The summed E-state index contributed by atoms with van der Waals surface area (Å²) in [6.07, 6.45) is 0.886. The van der Waals surface area contributed by atoms with Crippen LogP contribution in [0.4, 0.5) is 4.79 Å². The van der Waals surface area contributed by atoms with Gasteiger partial charge in [-0.1, -0.05) is 12.1 Å². The van der Waals surface area contributed by atoms with Crippen molar-refractivity contribution in [3.05, 3.63) is 53.1 Å². The van der Waals surface area contributed by atoms with Gasteiger partial charge in [-0.15, -0.1) is 0 Å². The monoisotopic (exact) mass is 455 g/mol. The quantitative estimate of drug-likeness (QED) is 0.651. The molecule has 0 bridgehead atoms. The Labute approximate surface area is 197 Å². The van der Waals surface area contributed by atoms with Gasteiger partial charge >= 0.3 is 6.03 Å². The minimum atomic E-state index is -0.314. The highest BCUT2D eigenvalue weighted by atomic mass is 16.5. The van der Waals surface area contributed by atoms with Crippen molar-refractivity contribution in [2.45, 2.75) is 58.3 Å². The molecule has 2 atom stereocenters. The Bertz CT molecular complexity index is 970. The van der Waals surface area contributed by atoms with Crippen molar-refractivity contribution >= 4 is 6.03 Å². The minimum Gasteiger partial charge on any atom is -0.497 e. The summed E-state index contributed by atoms with van der Waals surface area (Å²) in [6, 6.07) is 11.9. The van der Waals surface area contributed by atoms with Gasteiger partial charge in [-0.05, 0) is 75.1 Å². The number of nitrogens with zero attached hydrogens (tertiary/aromatic N) is 1. The fraction of sp³-hybridized carbons (Fsp3) is 0.500. The van der Waals surface area contributed by atoms with Crippen LogP contribution in [0.25, 0.3) is 0 Å². The lowest BCUT2D eigenvalue weighted by Crippen LogP contribution is -2.53. The molecule has 7 heteroatoms. The van der Waals surface area contributed by atoms with E-state index in [1.165, 1.54) is 5.56 Å². The molecule has 33 heavy (non-hydrogen) atoms. The summed E-state index contributed by atoms with van der Waals surface area (Å²) in [5.41, 5.74) is 3.20. The van der Waals surface area contributed by atoms with Gasteiger partial charge in [-0.25, -0.2) is 4.79 Å². The van der Waals surface area contributed by atoms with Gasteiger partial charge in [0.05, 0.1) is 27.4 Å². The second-order valence-corrected chi connectivity index (χ2v) is 9.56. The molecule has 1 heterocycles. The fourth-order valence-corrected chi connectivity index (χ4v) is 4.46. The van der Waals surface area contributed by atoms with Crippen LogP contribution >= 0.6 is 0 Å². The number of hydrogen-bond acceptors (Lipinski definition) is 5. The molecule has 0 radical (unpaired) electrons. The predicted octanol–water partition coefficient (Wildman–Crippen LogP) is 4.30. The summed E-state index contributed by atoms with van der Waals surface area (Å²) in [5, 5.41) is 6.17. The van der Waals surface area contributed by atoms with Gasteiger partial charge in [0.25, 0.3) is 0 Å². The summed E-state index contributed by atoms with van der Waals surface area (Å²) in [5.74, 6) is 2.25. The average molecular weight is 456 g/mol. The molecule has 2 N–H and O–H groups in total. The first-order chi connectivity index (χ1) is 15.6. The molecule has 2 amide bonds. The van der Waals surface area contributed by atoms with Crippen molar-refractivity contribution < 1.29 is 19.0 Å². The number of rotatable bonds is 7. The second kappa shape index (κ2) is 10.3. The van der Waals surface area contributed by atoms with Gasteiger partial charge in [0.15, 0.2) is 11.5 Å². The highest BCUT2D eigenvalue weighted by molar-refractivity contribution is 5.75. The maximum atomic E-state index is 12.7. The summed E-state index contributed by atoms with van der Waals surface area (Å²) >= 11 is 0. The summed E-state index contributed by atoms with van der Waals surface area (Å²) in [4.78, 5) is 15.1. The number of urea groups is 1. The van der Waals surface area contributed by atoms with Gasteiger partial charge in [0, 0.05) is 24.7 Å². The molecule has 3 rings (SSSR count). The third kappa shape index (κ3) is 6.11. The molecule has 1 aliphatic heterocycles. The van der Waals surface area contributed by atoms with E-state index >= 15 is 0 Å². The lowest BCUT2D eigenvalue weighted by molar-refractivity contribution is 0.142. The summed E-state index contributed by atoms with van der Waals surface area (Å²) in [7, 11) is 4.98. The molecule has 2 aromatic rings. The molecule has 0 spiro atoms. The first kappa shape index (κ1) is 24.7. The van der Waals surface area contributed by atoms with E-state index in [0.29, 0.717) is 5.75 Å². The Balaban J connectivity index is 1.96. The van der Waals surface area contributed by atoms with Gasteiger partial charge in [-0.3, -0.25) is 4.90 Å². The highest BCUT2D eigenvalue weighted by Gasteiger charge is 2.34. The van der Waals surface area contributed by atoms with E-state index in [0.717, 1.165) is 42.1 Å². The SMILES string of the molecule is COc1cccc(CN2CCc3cc(OC)c(OC)cc3C2C(C)NC(=O)NC(C)(C)C)c1. The normalized spacial score (nSPS) is 17.0. The zero-order valence-electron chi connectivity index (χ0n) is 20.8. The first-order valence-electron chi connectivity index (χ1n) is 11.4. The van der Waals surface area contributed by atoms with Crippen LogP contribution in [0.3, 0.4) is 0 Å². The van der Waals surface area contributed by atoms with Crippen LogP contribution in [0.15, 0.2) is 36.4 Å². The van der Waals surface area contributed by atoms with Gasteiger partial charge in [0.2, 0.25) is 0 Å². The molecule has 2 unspecified atom stereocenters. The number of methoxy groups -OCH3 is 3. The van der Waals surface area contributed by atoms with Gasteiger partial charge in [-0.2, -0.15) is 0 Å². The van der Waals surface area contributed by atoms with E-state index in [9.17, 15) is 4.79 Å². The number of hydrogen-bond donors (Lipinski definition) is 2. The van der Waals surface area contributed by atoms with Crippen LogP contribution in [0, 0.1) is 0 Å². The van der Waals surface area contributed by atoms with Crippen LogP contribution < -0.4 is 24.8 Å². The number of benzene rings is 2. The Morgan fingerprint density at radius 3 is 2.42 bits per heavy atom. The van der Waals surface area contributed by atoms with E-state index in [1.807, 2.05) is 32.9 Å². The number of amides is 2. The summed E-state index contributed by atoms with van der Waals surface area (Å²) < 4.78 is 16.5. The van der Waals surface area contributed by atoms with E-state index in [4.69, 9.17) is 14.2 Å². The van der Waals surface area contributed by atoms with Crippen LogP contribution in [-0.2, 0) is 13.0 Å². The number of carbonyl (C=O) groups is 1. The molecule has 1 aliphatic rings. The Hall–Kier alpha value is -2.93. The molecule has 0 saturated carbocycles. The second-order valence-electron chi connectivity index (χ2n) is 9.56. The molecule has 2 aromatic carbocycles. The number of ether oxygens (including phenoxy) is 3. The van der Waals surface area contributed by atoms with Gasteiger partial charge in [0.1, 0.15) is 5.75 Å². The zero-order valence-corrected chi connectivity index (χ0v) is 20.8. The maximum absolute atomic E-state index is 12.7. The molecular formula is C26H37N3O4. The third-order valence-corrected chi connectivity index (χ3v) is 5.87. The standard InChI is InChI=1S/C26H37N3O4/c1-17(27-25(30)28-26(2,3)4)24-21-15-23(33-7)22(32-6)14-19(21)11-12-29(24)16-18-9-8-10-20(13-18)31-5/h8-10,13-15,17,24H,11-12,16H2,1-7H3,(H2,27,28,30). The maximum Gasteiger partial charge on any atom is 0.315 e.